The number of hydrogen-bond donors (Lipinski definition) is 2. The number of halogens is 1. The summed E-state index contributed by atoms with van der Waals surface area (Å²) in [6.07, 6.45) is -0.526. The molecule has 2 saturated heterocycles. The maximum atomic E-state index is 13.1. The van der Waals surface area contributed by atoms with Crippen LogP contribution in [0.3, 0.4) is 0 Å². The Morgan fingerprint density at radius 3 is 2.46 bits per heavy atom. The Kier molecular flexibility index (Phi) is 1.91. The van der Waals surface area contributed by atoms with Gasteiger partial charge < -0.3 is 10.0 Å². The summed E-state index contributed by atoms with van der Waals surface area (Å²) < 4.78 is 13.1. The van der Waals surface area contributed by atoms with Crippen LogP contribution in [0.25, 0.3) is 0 Å². The monoisotopic (exact) mass is 188 g/mol. The van der Waals surface area contributed by atoms with Gasteiger partial charge in [-0.1, -0.05) is 0 Å². The van der Waals surface area contributed by atoms with E-state index in [0.29, 0.717) is 32.5 Å². The third-order valence-electron chi connectivity index (χ3n) is 3.20. The molecule has 74 valence electrons. The first kappa shape index (κ1) is 8.74. The SMILES string of the molecule is O=C(O)N1CCC2(CC1)CNC2F. The third kappa shape index (κ3) is 1.27. The van der Waals surface area contributed by atoms with Crippen molar-refractivity contribution in [1.82, 2.24) is 10.2 Å². The molecule has 2 fully saturated rings. The fourth-order valence-corrected chi connectivity index (χ4v) is 2.04. The summed E-state index contributed by atoms with van der Waals surface area (Å²) in [5.74, 6) is 0. The van der Waals surface area contributed by atoms with Gasteiger partial charge >= 0.3 is 6.09 Å². The van der Waals surface area contributed by atoms with Gasteiger partial charge in [-0.2, -0.15) is 0 Å². The molecular formula is C8H13FN2O2. The van der Waals surface area contributed by atoms with Gasteiger partial charge in [-0.15, -0.1) is 0 Å². The Hall–Kier alpha value is -0.840. The van der Waals surface area contributed by atoms with Crippen LogP contribution in [0.4, 0.5) is 9.18 Å². The lowest BCUT2D eigenvalue weighted by Crippen LogP contribution is -2.64. The highest BCUT2D eigenvalue weighted by atomic mass is 19.1. The molecule has 13 heavy (non-hydrogen) atoms. The van der Waals surface area contributed by atoms with E-state index in [9.17, 15) is 9.18 Å². The van der Waals surface area contributed by atoms with Gasteiger partial charge in [0.15, 0.2) is 6.30 Å². The van der Waals surface area contributed by atoms with Crippen LogP contribution in [0.2, 0.25) is 0 Å². The molecule has 0 aromatic heterocycles. The third-order valence-corrected chi connectivity index (χ3v) is 3.20. The maximum absolute atomic E-state index is 13.1. The van der Waals surface area contributed by atoms with Crippen LogP contribution in [0, 0.1) is 5.41 Å². The van der Waals surface area contributed by atoms with E-state index in [-0.39, 0.29) is 5.41 Å². The fraction of sp³-hybridized carbons (Fsp3) is 0.875. The Morgan fingerprint density at radius 2 is 2.15 bits per heavy atom. The smallest absolute Gasteiger partial charge is 0.407 e. The number of nitrogens with one attached hydrogen (secondary N) is 1. The molecule has 4 nitrogen and oxygen atoms in total. The highest BCUT2D eigenvalue weighted by Crippen LogP contribution is 2.40. The largest absolute Gasteiger partial charge is 0.465 e. The average Bonchev–Trinajstić information content (AvgIpc) is 2.15. The van der Waals surface area contributed by atoms with E-state index >= 15 is 0 Å². The van der Waals surface area contributed by atoms with E-state index in [1.54, 1.807) is 0 Å². The minimum atomic E-state index is -0.927. The minimum absolute atomic E-state index is 0.258. The number of carboxylic acid groups (broad SMARTS) is 1. The van der Waals surface area contributed by atoms with E-state index in [4.69, 9.17) is 5.11 Å². The summed E-state index contributed by atoms with van der Waals surface area (Å²) >= 11 is 0. The van der Waals surface area contributed by atoms with Gasteiger partial charge in [-0.05, 0) is 12.8 Å². The van der Waals surface area contributed by atoms with Gasteiger partial charge in [0.1, 0.15) is 0 Å². The van der Waals surface area contributed by atoms with Crippen molar-refractivity contribution < 1.29 is 14.3 Å². The number of hydrogen-bond acceptors (Lipinski definition) is 2. The summed E-state index contributed by atoms with van der Waals surface area (Å²) in [5.41, 5.74) is -0.258. The molecule has 0 aromatic carbocycles. The minimum Gasteiger partial charge on any atom is -0.465 e. The number of piperidine rings is 1. The van der Waals surface area contributed by atoms with Crippen LogP contribution in [-0.2, 0) is 0 Å². The van der Waals surface area contributed by atoms with E-state index in [1.807, 2.05) is 0 Å². The Labute approximate surface area is 75.7 Å². The molecule has 1 unspecified atom stereocenters. The number of likely N-dealkylation sites (tertiary alicyclic amines) is 1. The lowest BCUT2D eigenvalue weighted by atomic mass is 9.72. The van der Waals surface area contributed by atoms with Crippen molar-refractivity contribution in [2.24, 2.45) is 5.41 Å². The molecule has 0 radical (unpaired) electrons. The predicted octanol–water partition coefficient (Wildman–Crippen LogP) is 0.645. The quantitative estimate of drug-likeness (QED) is 0.549. The van der Waals surface area contributed by atoms with Gasteiger partial charge in [-0.3, -0.25) is 5.32 Å². The highest BCUT2D eigenvalue weighted by Gasteiger charge is 2.49. The van der Waals surface area contributed by atoms with Gasteiger partial charge in [-0.25, -0.2) is 9.18 Å². The molecule has 2 N–H and O–H groups in total. The van der Waals surface area contributed by atoms with Crippen molar-refractivity contribution >= 4 is 6.09 Å². The first-order chi connectivity index (χ1) is 6.14. The topological polar surface area (TPSA) is 52.6 Å². The molecule has 2 heterocycles. The number of rotatable bonds is 0. The second kappa shape index (κ2) is 2.83. The van der Waals surface area contributed by atoms with Gasteiger partial charge in [0.2, 0.25) is 0 Å². The van der Waals surface area contributed by atoms with Crippen LogP contribution in [0.15, 0.2) is 0 Å². The number of alkyl halides is 1. The lowest BCUT2D eigenvalue weighted by Gasteiger charge is -2.50. The molecule has 2 aliphatic rings. The summed E-state index contributed by atoms with van der Waals surface area (Å²) in [6, 6.07) is 0. The molecule has 0 saturated carbocycles. The maximum Gasteiger partial charge on any atom is 0.407 e. The second-order valence-corrected chi connectivity index (χ2v) is 3.88. The van der Waals surface area contributed by atoms with Crippen molar-refractivity contribution in [3.63, 3.8) is 0 Å². The molecule has 0 aromatic rings. The predicted molar refractivity (Wildman–Crippen MR) is 44.2 cm³/mol. The zero-order valence-electron chi connectivity index (χ0n) is 7.29. The van der Waals surface area contributed by atoms with Gasteiger partial charge in [0.05, 0.1) is 0 Å². The fourth-order valence-electron chi connectivity index (χ4n) is 2.04. The van der Waals surface area contributed by atoms with E-state index in [1.165, 1.54) is 4.90 Å². The van der Waals surface area contributed by atoms with Crippen LogP contribution < -0.4 is 5.32 Å². The van der Waals surface area contributed by atoms with E-state index in [2.05, 4.69) is 5.32 Å². The molecule has 5 heteroatoms. The van der Waals surface area contributed by atoms with Crippen molar-refractivity contribution in [1.29, 1.82) is 0 Å². The summed E-state index contributed by atoms with van der Waals surface area (Å²) in [7, 11) is 0. The van der Waals surface area contributed by atoms with Crippen LogP contribution in [0.1, 0.15) is 12.8 Å². The molecule has 1 atom stereocenters. The first-order valence-corrected chi connectivity index (χ1v) is 4.49. The zero-order chi connectivity index (χ0) is 9.47. The summed E-state index contributed by atoms with van der Waals surface area (Å²) in [5, 5.41) is 11.4. The van der Waals surface area contributed by atoms with E-state index in [0.717, 1.165) is 0 Å². The Morgan fingerprint density at radius 1 is 1.54 bits per heavy atom. The second-order valence-electron chi connectivity index (χ2n) is 3.88. The lowest BCUT2D eigenvalue weighted by molar-refractivity contribution is -0.0559. The number of amides is 1. The van der Waals surface area contributed by atoms with Crippen LogP contribution in [0.5, 0.6) is 0 Å². The van der Waals surface area contributed by atoms with Crippen LogP contribution >= 0.6 is 0 Å². The van der Waals surface area contributed by atoms with Gasteiger partial charge in [0.25, 0.3) is 0 Å². The summed E-state index contributed by atoms with van der Waals surface area (Å²) in [6.45, 7) is 1.64. The highest BCUT2D eigenvalue weighted by molar-refractivity contribution is 5.65. The normalized spacial score (nSPS) is 31.5. The molecule has 1 amide bonds. The van der Waals surface area contributed by atoms with Crippen molar-refractivity contribution in [3.8, 4) is 0 Å². The molecule has 2 aliphatic heterocycles. The van der Waals surface area contributed by atoms with E-state index < -0.39 is 12.4 Å². The van der Waals surface area contributed by atoms with Crippen molar-refractivity contribution in [2.75, 3.05) is 19.6 Å². The van der Waals surface area contributed by atoms with Crippen molar-refractivity contribution in [3.05, 3.63) is 0 Å². The molecule has 0 bridgehead atoms. The molecular weight excluding hydrogens is 175 g/mol. The molecule has 2 rings (SSSR count). The Balaban J connectivity index is 1.92. The molecule has 1 spiro atoms. The van der Waals surface area contributed by atoms with Crippen LogP contribution in [-0.4, -0.2) is 42.0 Å². The summed E-state index contributed by atoms with van der Waals surface area (Å²) in [4.78, 5) is 11.9. The number of nitrogens with zero attached hydrogens (tertiary/aromatic N) is 1. The zero-order valence-corrected chi connectivity index (χ0v) is 7.29. The Bertz CT molecular complexity index is 226. The van der Waals surface area contributed by atoms with Gasteiger partial charge in [0, 0.05) is 25.0 Å². The molecule has 0 aliphatic carbocycles. The number of carbonyl (C=O) groups is 1. The standard InChI is InChI=1S/C8H13FN2O2/c9-6-8(5-10-6)1-3-11(4-2-8)7(12)13/h6,10H,1-5H2,(H,12,13). The van der Waals surface area contributed by atoms with Crippen molar-refractivity contribution in [2.45, 2.75) is 19.1 Å². The average molecular weight is 188 g/mol. The first-order valence-electron chi connectivity index (χ1n) is 4.49.